The van der Waals surface area contributed by atoms with Crippen LogP contribution in [-0.2, 0) is 23.7 Å². The van der Waals surface area contributed by atoms with E-state index in [0.29, 0.717) is 0 Å². The lowest BCUT2D eigenvalue weighted by atomic mass is 10.2. The Kier molecular flexibility index (Phi) is 5.13. The van der Waals surface area contributed by atoms with Gasteiger partial charge in [0.15, 0.2) is 12.3 Å². The third-order valence-corrected chi connectivity index (χ3v) is 2.53. The van der Waals surface area contributed by atoms with Crippen LogP contribution in [0.2, 0.25) is 0 Å². The van der Waals surface area contributed by atoms with Gasteiger partial charge in [-0.15, -0.1) is 0 Å². The van der Waals surface area contributed by atoms with Crippen molar-refractivity contribution in [3.05, 3.63) is 0 Å². The van der Waals surface area contributed by atoms with Crippen LogP contribution in [0.4, 0.5) is 4.79 Å². The summed E-state index contributed by atoms with van der Waals surface area (Å²) in [7, 11) is 2.69. The standard InChI is InChI=1S/C12H21NO6/c1-12(2,3)19-11(15)13-8(10(14)17-5)6-18-7-9(13)16-4/h8-9H,6-7H2,1-5H3. The SMILES string of the molecule is COC(=O)C1COCC(OC)N1C(=O)OC(C)(C)C. The number of ether oxygens (including phenoxy) is 4. The van der Waals surface area contributed by atoms with Crippen LogP contribution >= 0.6 is 0 Å². The van der Waals surface area contributed by atoms with Crippen molar-refractivity contribution in [1.29, 1.82) is 0 Å². The third kappa shape index (κ3) is 4.07. The minimum atomic E-state index is -0.862. The van der Waals surface area contributed by atoms with Crippen LogP contribution in [0, 0.1) is 0 Å². The molecule has 1 aliphatic heterocycles. The fourth-order valence-electron chi connectivity index (χ4n) is 1.70. The summed E-state index contributed by atoms with van der Waals surface area (Å²) in [5.74, 6) is -0.562. The molecule has 19 heavy (non-hydrogen) atoms. The van der Waals surface area contributed by atoms with Crippen molar-refractivity contribution >= 4 is 12.1 Å². The van der Waals surface area contributed by atoms with Gasteiger partial charge < -0.3 is 18.9 Å². The number of rotatable bonds is 2. The van der Waals surface area contributed by atoms with Gasteiger partial charge in [0.05, 0.1) is 20.3 Å². The molecule has 7 nitrogen and oxygen atoms in total. The van der Waals surface area contributed by atoms with E-state index >= 15 is 0 Å². The summed E-state index contributed by atoms with van der Waals surface area (Å²) in [4.78, 5) is 25.1. The fourth-order valence-corrected chi connectivity index (χ4v) is 1.70. The number of carbonyl (C=O) groups is 2. The Balaban J connectivity index is 2.91. The highest BCUT2D eigenvalue weighted by Gasteiger charge is 2.42. The second-order valence-corrected chi connectivity index (χ2v) is 5.15. The van der Waals surface area contributed by atoms with Crippen LogP contribution < -0.4 is 0 Å². The van der Waals surface area contributed by atoms with Crippen molar-refractivity contribution in [2.24, 2.45) is 0 Å². The summed E-state index contributed by atoms with van der Waals surface area (Å²) < 4.78 is 20.3. The predicted molar refractivity (Wildman–Crippen MR) is 65.5 cm³/mol. The molecule has 0 radical (unpaired) electrons. The minimum Gasteiger partial charge on any atom is -0.467 e. The van der Waals surface area contributed by atoms with E-state index in [-0.39, 0.29) is 13.2 Å². The third-order valence-electron chi connectivity index (χ3n) is 2.53. The predicted octanol–water partition coefficient (Wildman–Crippen LogP) is 0.768. The molecule has 2 unspecified atom stereocenters. The Morgan fingerprint density at radius 1 is 1.21 bits per heavy atom. The van der Waals surface area contributed by atoms with E-state index < -0.39 is 29.9 Å². The van der Waals surface area contributed by atoms with Crippen molar-refractivity contribution in [3.63, 3.8) is 0 Å². The molecule has 2 atom stereocenters. The van der Waals surface area contributed by atoms with Crippen LogP contribution in [0.15, 0.2) is 0 Å². The lowest BCUT2D eigenvalue weighted by Gasteiger charge is -2.39. The Labute approximate surface area is 112 Å². The first kappa shape index (κ1) is 15.7. The van der Waals surface area contributed by atoms with Gasteiger partial charge in [-0.25, -0.2) is 9.59 Å². The molecule has 1 aliphatic rings. The van der Waals surface area contributed by atoms with Gasteiger partial charge in [-0.3, -0.25) is 4.90 Å². The molecular formula is C12H21NO6. The molecule has 1 rings (SSSR count). The fraction of sp³-hybridized carbons (Fsp3) is 0.833. The van der Waals surface area contributed by atoms with Gasteiger partial charge in [0, 0.05) is 7.11 Å². The lowest BCUT2D eigenvalue weighted by molar-refractivity contribution is -0.175. The zero-order chi connectivity index (χ0) is 14.6. The number of hydrogen-bond donors (Lipinski definition) is 0. The van der Waals surface area contributed by atoms with Crippen LogP contribution in [0.5, 0.6) is 0 Å². The Morgan fingerprint density at radius 3 is 2.32 bits per heavy atom. The number of carbonyl (C=O) groups excluding carboxylic acids is 2. The Hall–Kier alpha value is -1.34. The summed E-state index contributed by atoms with van der Waals surface area (Å²) in [6, 6.07) is -0.862. The van der Waals surface area contributed by atoms with E-state index in [0.717, 1.165) is 0 Å². The number of methoxy groups -OCH3 is 2. The molecule has 0 aliphatic carbocycles. The maximum absolute atomic E-state index is 12.2. The molecule has 1 heterocycles. The first-order chi connectivity index (χ1) is 8.80. The van der Waals surface area contributed by atoms with Gasteiger partial charge >= 0.3 is 12.1 Å². The summed E-state index contributed by atoms with van der Waals surface area (Å²) in [5, 5.41) is 0. The second kappa shape index (κ2) is 6.21. The van der Waals surface area contributed by atoms with E-state index in [4.69, 9.17) is 14.2 Å². The molecule has 7 heteroatoms. The van der Waals surface area contributed by atoms with Crippen molar-refractivity contribution in [2.45, 2.75) is 38.6 Å². The molecule has 0 N–H and O–H groups in total. The summed E-state index contributed by atoms with van der Waals surface area (Å²) in [6.45, 7) is 5.50. The summed E-state index contributed by atoms with van der Waals surface area (Å²) in [5.41, 5.74) is -0.658. The lowest BCUT2D eigenvalue weighted by Crippen LogP contribution is -2.59. The second-order valence-electron chi connectivity index (χ2n) is 5.15. The van der Waals surface area contributed by atoms with Crippen LogP contribution in [0.25, 0.3) is 0 Å². The molecule has 0 aromatic carbocycles. The highest BCUT2D eigenvalue weighted by atomic mass is 16.6. The van der Waals surface area contributed by atoms with Crippen LogP contribution in [0.3, 0.4) is 0 Å². The van der Waals surface area contributed by atoms with Crippen LogP contribution in [0.1, 0.15) is 20.8 Å². The van der Waals surface area contributed by atoms with E-state index in [2.05, 4.69) is 4.74 Å². The van der Waals surface area contributed by atoms with Crippen molar-refractivity contribution < 1.29 is 28.5 Å². The first-order valence-corrected chi connectivity index (χ1v) is 6.00. The number of nitrogens with zero attached hydrogens (tertiary/aromatic N) is 1. The highest BCUT2D eigenvalue weighted by molar-refractivity contribution is 5.82. The van der Waals surface area contributed by atoms with E-state index in [9.17, 15) is 9.59 Å². The van der Waals surface area contributed by atoms with E-state index in [1.165, 1.54) is 19.1 Å². The van der Waals surface area contributed by atoms with Crippen LogP contribution in [-0.4, -0.2) is 62.3 Å². The molecule has 0 spiro atoms. The average molecular weight is 275 g/mol. The largest absolute Gasteiger partial charge is 0.467 e. The van der Waals surface area contributed by atoms with Gasteiger partial charge in [0.25, 0.3) is 0 Å². The van der Waals surface area contributed by atoms with Crippen molar-refractivity contribution in [2.75, 3.05) is 27.4 Å². The topological polar surface area (TPSA) is 74.3 Å². The Morgan fingerprint density at radius 2 is 1.84 bits per heavy atom. The molecule has 1 fully saturated rings. The monoisotopic (exact) mass is 275 g/mol. The quantitative estimate of drug-likeness (QED) is 0.693. The number of amides is 1. The summed E-state index contributed by atoms with van der Waals surface area (Å²) in [6.07, 6.45) is -1.30. The normalized spacial score (nSPS) is 23.9. The number of esters is 1. The molecule has 110 valence electrons. The van der Waals surface area contributed by atoms with Gasteiger partial charge in [-0.2, -0.15) is 0 Å². The highest BCUT2D eigenvalue weighted by Crippen LogP contribution is 2.19. The van der Waals surface area contributed by atoms with Gasteiger partial charge in [0.2, 0.25) is 0 Å². The molecule has 0 saturated carbocycles. The summed E-state index contributed by atoms with van der Waals surface area (Å²) >= 11 is 0. The van der Waals surface area contributed by atoms with Crippen molar-refractivity contribution in [3.8, 4) is 0 Å². The molecule has 1 amide bonds. The zero-order valence-electron chi connectivity index (χ0n) is 12.0. The molecule has 0 aromatic rings. The van der Waals surface area contributed by atoms with E-state index in [1.54, 1.807) is 20.8 Å². The average Bonchev–Trinajstić information content (AvgIpc) is 2.34. The Bertz CT molecular complexity index is 338. The maximum atomic E-state index is 12.2. The molecule has 0 bridgehead atoms. The maximum Gasteiger partial charge on any atom is 0.413 e. The molecule has 0 aromatic heterocycles. The minimum absolute atomic E-state index is 0.0613. The molecule has 1 saturated heterocycles. The first-order valence-electron chi connectivity index (χ1n) is 6.00. The zero-order valence-corrected chi connectivity index (χ0v) is 12.0. The smallest absolute Gasteiger partial charge is 0.413 e. The van der Waals surface area contributed by atoms with E-state index in [1.807, 2.05) is 0 Å². The van der Waals surface area contributed by atoms with Gasteiger partial charge in [-0.1, -0.05) is 0 Å². The van der Waals surface area contributed by atoms with Crippen molar-refractivity contribution in [1.82, 2.24) is 4.90 Å². The number of morpholine rings is 1. The van der Waals surface area contributed by atoms with Gasteiger partial charge in [0.1, 0.15) is 5.60 Å². The number of hydrogen-bond acceptors (Lipinski definition) is 6. The van der Waals surface area contributed by atoms with Gasteiger partial charge in [-0.05, 0) is 20.8 Å². The molecular weight excluding hydrogens is 254 g/mol.